The number of methoxy groups -OCH3 is 1. The molecule has 1 atom stereocenters. The van der Waals surface area contributed by atoms with E-state index in [-0.39, 0.29) is 10.8 Å². The van der Waals surface area contributed by atoms with E-state index < -0.39 is 0 Å². The Morgan fingerprint density at radius 2 is 2.00 bits per heavy atom. The molecule has 4 aromatic rings. The van der Waals surface area contributed by atoms with Crippen molar-refractivity contribution in [1.82, 2.24) is 15.3 Å². The maximum absolute atomic E-state index is 10.1. The molecule has 0 bridgehead atoms. The van der Waals surface area contributed by atoms with Crippen molar-refractivity contribution in [3.05, 3.63) is 65.9 Å². The SMILES string of the molecule is COc1cc(-c2ccc3nccc(Nc4ccc(NC5CCCNC5)nc4)c3c2)cc(Cl)c1O. The summed E-state index contributed by atoms with van der Waals surface area (Å²) in [6.07, 6.45) is 5.94. The van der Waals surface area contributed by atoms with Crippen LogP contribution in [0.15, 0.2) is 60.9 Å². The van der Waals surface area contributed by atoms with Crippen molar-refractivity contribution in [3.8, 4) is 22.6 Å². The normalized spacial score (nSPS) is 15.8. The summed E-state index contributed by atoms with van der Waals surface area (Å²) in [4.78, 5) is 9.08. The minimum Gasteiger partial charge on any atom is -0.503 e. The smallest absolute Gasteiger partial charge is 0.176 e. The highest BCUT2D eigenvalue weighted by atomic mass is 35.5. The average molecular weight is 476 g/mol. The Bertz CT molecular complexity index is 1310. The van der Waals surface area contributed by atoms with Crippen LogP contribution < -0.4 is 20.7 Å². The van der Waals surface area contributed by atoms with Crippen LogP contribution in [0.2, 0.25) is 5.02 Å². The summed E-state index contributed by atoms with van der Waals surface area (Å²) in [5.41, 5.74) is 4.44. The third-order valence-electron chi connectivity index (χ3n) is 6.01. The van der Waals surface area contributed by atoms with Crippen LogP contribution in [0.3, 0.4) is 0 Å². The molecular formula is C26H26ClN5O2. The number of aromatic nitrogens is 2. The molecule has 8 heteroatoms. The van der Waals surface area contributed by atoms with E-state index in [1.807, 2.05) is 42.6 Å². The fraction of sp³-hybridized carbons (Fsp3) is 0.231. The van der Waals surface area contributed by atoms with Gasteiger partial charge in [-0.3, -0.25) is 4.98 Å². The van der Waals surface area contributed by atoms with E-state index in [2.05, 4.69) is 25.9 Å². The van der Waals surface area contributed by atoms with Gasteiger partial charge in [0, 0.05) is 29.9 Å². The van der Waals surface area contributed by atoms with Crippen LogP contribution in [0.4, 0.5) is 17.2 Å². The Hall–Kier alpha value is -3.55. The molecule has 1 unspecified atom stereocenters. The van der Waals surface area contributed by atoms with Crippen molar-refractivity contribution >= 4 is 39.7 Å². The molecule has 174 valence electrons. The van der Waals surface area contributed by atoms with Crippen LogP contribution in [0, 0.1) is 0 Å². The van der Waals surface area contributed by atoms with Gasteiger partial charge in [-0.15, -0.1) is 0 Å². The van der Waals surface area contributed by atoms with E-state index in [0.29, 0.717) is 11.8 Å². The summed E-state index contributed by atoms with van der Waals surface area (Å²) < 4.78 is 5.26. The average Bonchev–Trinajstić information content (AvgIpc) is 2.87. The van der Waals surface area contributed by atoms with Gasteiger partial charge in [0.25, 0.3) is 0 Å². The van der Waals surface area contributed by atoms with Crippen LogP contribution in [-0.4, -0.2) is 41.3 Å². The monoisotopic (exact) mass is 475 g/mol. The number of piperidine rings is 1. The zero-order valence-corrected chi connectivity index (χ0v) is 19.6. The summed E-state index contributed by atoms with van der Waals surface area (Å²) in [6, 6.07) is 15.8. The first-order chi connectivity index (χ1) is 16.6. The predicted molar refractivity (Wildman–Crippen MR) is 137 cm³/mol. The molecule has 0 radical (unpaired) electrons. The second-order valence-electron chi connectivity index (χ2n) is 8.34. The van der Waals surface area contributed by atoms with Gasteiger partial charge in [0.2, 0.25) is 0 Å². The molecule has 2 aromatic heterocycles. The number of phenols is 1. The van der Waals surface area contributed by atoms with Crippen LogP contribution in [0.5, 0.6) is 11.5 Å². The van der Waals surface area contributed by atoms with Crippen LogP contribution in [0.25, 0.3) is 22.0 Å². The standard InChI is InChI=1S/C26H26ClN5O2/c1-34-24-13-17(12-21(27)26(24)33)16-4-6-22-20(11-16)23(8-10-29-22)31-19-5-7-25(30-15-19)32-18-3-2-9-28-14-18/h4-8,10-13,15,18,28,33H,2-3,9,14H2,1H3,(H,29,31)(H,30,32). The van der Waals surface area contributed by atoms with Gasteiger partial charge < -0.3 is 25.8 Å². The maximum Gasteiger partial charge on any atom is 0.176 e. The molecular weight excluding hydrogens is 450 g/mol. The van der Waals surface area contributed by atoms with E-state index in [4.69, 9.17) is 16.3 Å². The van der Waals surface area contributed by atoms with E-state index in [1.165, 1.54) is 13.5 Å². The summed E-state index contributed by atoms with van der Waals surface area (Å²) >= 11 is 6.21. The van der Waals surface area contributed by atoms with Crippen molar-refractivity contribution in [2.45, 2.75) is 18.9 Å². The number of aromatic hydroxyl groups is 1. The number of halogens is 1. The zero-order chi connectivity index (χ0) is 23.5. The predicted octanol–water partition coefficient (Wildman–Crippen LogP) is 5.57. The van der Waals surface area contributed by atoms with Crippen molar-refractivity contribution in [1.29, 1.82) is 0 Å². The zero-order valence-electron chi connectivity index (χ0n) is 18.8. The van der Waals surface area contributed by atoms with Gasteiger partial charge in [-0.25, -0.2) is 4.98 Å². The lowest BCUT2D eigenvalue weighted by Crippen LogP contribution is -2.38. The Morgan fingerprint density at radius 3 is 2.76 bits per heavy atom. The molecule has 1 saturated heterocycles. The largest absolute Gasteiger partial charge is 0.503 e. The summed E-state index contributed by atoms with van der Waals surface area (Å²) in [6.45, 7) is 2.05. The number of phenolic OH excluding ortho intramolecular Hbond substituents is 1. The number of pyridine rings is 2. The number of anilines is 3. The topological polar surface area (TPSA) is 91.3 Å². The van der Waals surface area contributed by atoms with E-state index in [0.717, 1.165) is 58.7 Å². The van der Waals surface area contributed by atoms with E-state index >= 15 is 0 Å². The molecule has 4 N–H and O–H groups in total. The molecule has 5 rings (SSSR count). The molecule has 0 aliphatic carbocycles. The fourth-order valence-corrected chi connectivity index (χ4v) is 4.43. The minimum absolute atomic E-state index is 0.0667. The first-order valence-electron chi connectivity index (χ1n) is 11.3. The van der Waals surface area contributed by atoms with Gasteiger partial charge in [0.15, 0.2) is 11.5 Å². The summed E-state index contributed by atoms with van der Waals surface area (Å²) in [5.74, 6) is 1.14. The lowest BCUT2D eigenvalue weighted by atomic mass is 10.0. The van der Waals surface area contributed by atoms with Crippen LogP contribution in [0.1, 0.15) is 12.8 Å². The lowest BCUT2D eigenvalue weighted by molar-refractivity contribution is 0.374. The lowest BCUT2D eigenvalue weighted by Gasteiger charge is -2.24. The number of nitrogens with one attached hydrogen (secondary N) is 3. The number of ether oxygens (including phenoxy) is 1. The minimum atomic E-state index is -0.0667. The number of rotatable bonds is 6. The molecule has 0 spiro atoms. The molecule has 34 heavy (non-hydrogen) atoms. The molecule has 1 aliphatic rings. The number of benzene rings is 2. The molecule has 1 fully saturated rings. The van der Waals surface area contributed by atoms with Crippen LogP contribution in [-0.2, 0) is 0 Å². The molecule has 0 saturated carbocycles. The second kappa shape index (κ2) is 9.75. The van der Waals surface area contributed by atoms with Crippen LogP contribution >= 0.6 is 11.6 Å². The first-order valence-corrected chi connectivity index (χ1v) is 11.6. The van der Waals surface area contributed by atoms with Gasteiger partial charge in [-0.05, 0) is 73.0 Å². The van der Waals surface area contributed by atoms with Gasteiger partial charge in [-0.1, -0.05) is 17.7 Å². The number of fused-ring (bicyclic) bond motifs is 1. The van der Waals surface area contributed by atoms with E-state index in [9.17, 15) is 5.11 Å². The summed E-state index contributed by atoms with van der Waals surface area (Å²) in [5, 5.41) is 21.6. The molecule has 7 nitrogen and oxygen atoms in total. The van der Waals surface area contributed by atoms with Gasteiger partial charge >= 0.3 is 0 Å². The first kappa shape index (κ1) is 22.3. The summed E-state index contributed by atoms with van der Waals surface area (Å²) in [7, 11) is 1.50. The Morgan fingerprint density at radius 1 is 1.09 bits per heavy atom. The van der Waals surface area contributed by atoms with Gasteiger partial charge in [-0.2, -0.15) is 0 Å². The van der Waals surface area contributed by atoms with Gasteiger partial charge in [0.1, 0.15) is 5.82 Å². The quantitative estimate of drug-likeness (QED) is 0.289. The highest BCUT2D eigenvalue weighted by Gasteiger charge is 2.14. The fourth-order valence-electron chi connectivity index (χ4n) is 4.22. The Balaban J connectivity index is 1.41. The third kappa shape index (κ3) is 4.71. The third-order valence-corrected chi connectivity index (χ3v) is 6.30. The Kier molecular flexibility index (Phi) is 6.38. The van der Waals surface area contributed by atoms with Gasteiger partial charge in [0.05, 0.1) is 29.5 Å². The van der Waals surface area contributed by atoms with Crippen molar-refractivity contribution < 1.29 is 9.84 Å². The molecule has 1 aliphatic heterocycles. The van der Waals surface area contributed by atoms with E-state index in [1.54, 1.807) is 18.3 Å². The highest BCUT2D eigenvalue weighted by molar-refractivity contribution is 6.32. The molecule has 3 heterocycles. The van der Waals surface area contributed by atoms with Crippen molar-refractivity contribution in [2.75, 3.05) is 30.8 Å². The second-order valence-corrected chi connectivity index (χ2v) is 8.75. The maximum atomic E-state index is 10.1. The molecule has 0 amide bonds. The van der Waals surface area contributed by atoms with Crippen molar-refractivity contribution in [3.63, 3.8) is 0 Å². The number of hydrogen-bond acceptors (Lipinski definition) is 7. The highest BCUT2D eigenvalue weighted by Crippen LogP contribution is 2.39. The Labute approximate surface area is 203 Å². The number of nitrogens with zero attached hydrogens (tertiary/aromatic N) is 2. The molecule has 2 aromatic carbocycles. The van der Waals surface area contributed by atoms with Crippen molar-refractivity contribution in [2.24, 2.45) is 0 Å². The number of hydrogen-bond donors (Lipinski definition) is 4.